The van der Waals surface area contributed by atoms with Gasteiger partial charge in [0.15, 0.2) is 5.78 Å². The van der Waals surface area contributed by atoms with Crippen LogP contribution < -0.4 is 4.74 Å². The maximum atomic E-state index is 11.4. The quantitative estimate of drug-likeness (QED) is 0.340. The van der Waals surface area contributed by atoms with E-state index in [1.54, 1.807) is 6.08 Å². The molecule has 0 heterocycles. The zero-order chi connectivity index (χ0) is 12.8. The number of benzene rings is 1. The molecule has 0 aromatic heterocycles. The van der Waals surface area contributed by atoms with Gasteiger partial charge in [0, 0.05) is 12.1 Å². The Morgan fingerprint density at radius 3 is 2.76 bits per heavy atom. The first-order valence-corrected chi connectivity index (χ1v) is 5.09. The Labute approximate surface area is 98.9 Å². The van der Waals surface area contributed by atoms with Crippen LogP contribution in [0.5, 0.6) is 5.75 Å². The zero-order valence-corrected chi connectivity index (χ0v) is 9.67. The summed E-state index contributed by atoms with van der Waals surface area (Å²) in [6, 6.07) is 3.99. The van der Waals surface area contributed by atoms with E-state index in [1.807, 2.05) is 13.0 Å². The molecule has 0 N–H and O–H groups in total. The Balaban J connectivity index is 3.04. The monoisotopic (exact) mass is 235 g/mol. The van der Waals surface area contributed by atoms with Gasteiger partial charge in [0.25, 0.3) is 5.69 Å². The van der Waals surface area contributed by atoms with E-state index < -0.39 is 4.92 Å². The number of carbonyl (C=O) groups excluding carboxylic acids is 1. The average Bonchev–Trinajstić information content (AvgIpc) is 2.29. The van der Waals surface area contributed by atoms with E-state index in [1.165, 1.54) is 25.1 Å². The Morgan fingerprint density at radius 2 is 2.24 bits per heavy atom. The van der Waals surface area contributed by atoms with Crippen LogP contribution in [0.1, 0.15) is 24.2 Å². The SMILES string of the molecule is CC=CCOc1ccc([N+](=O)[O-])cc1C(C)=O. The minimum atomic E-state index is -0.540. The first-order chi connectivity index (χ1) is 8.06. The molecule has 0 unspecified atom stereocenters. The van der Waals surface area contributed by atoms with Crippen LogP contribution in [0.3, 0.4) is 0 Å². The third-order valence-electron chi connectivity index (χ3n) is 2.12. The van der Waals surface area contributed by atoms with Crippen molar-refractivity contribution in [1.82, 2.24) is 0 Å². The van der Waals surface area contributed by atoms with Crippen LogP contribution in [0.4, 0.5) is 5.69 Å². The molecular weight excluding hydrogens is 222 g/mol. The second-order valence-corrected chi connectivity index (χ2v) is 3.37. The second kappa shape index (κ2) is 5.79. The molecule has 90 valence electrons. The highest BCUT2D eigenvalue weighted by Crippen LogP contribution is 2.24. The Bertz CT molecular complexity index is 466. The van der Waals surface area contributed by atoms with E-state index in [2.05, 4.69) is 0 Å². The molecule has 0 atom stereocenters. The standard InChI is InChI=1S/C12H13NO4/c1-3-4-7-17-12-6-5-10(13(15)16)8-11(12)9(2)14/h3-6,8H,7H2,1-2H3. The van der Waals surface area contributed by atoms with Gasteiger partial charge in [-0.1, -0.05) is 12.2 Å². The summed E-state index contributed by atoms with van der Waals surface area (Å²) in [5.41, 5.74) is 0.109. The molecule has 5 nitrogen and oxygen atoms in total. The van der Waals surface area contributed by atoms with Crippen LogP contribution in [-0.4, -0.2) is 17.3 Å². The van der Waals surface area contributed by atoms with Gasteiger partial charge in [-0.15, -0.1) is 0 Å². The summed E-state index contributed by atoms with van der Waals surface area (Å²) in [5, 5.41) is 10.6. The fourth-order valence-electron chi connectivity index (χ4n) is 1.27. The molecular formula is C12H13NO4. The van der Waals surface area contributed by atoms with Gasteiger partial charge in [-0.05, 0) is 19.9 Å². The van der Waals surface area contributed by atoms with Crippen molar-refractivity contribution in [2.75, 3.05) is 6.61 Å². The summed E-state index contributed by atoms with van der Waals surface area (Å²) in [6.07, 6.45) is 3.60. The smallest absolute Gasteiger partial charge is 0.270 e. The number of nitro benzene ring substituents is 1. The molecule has 0 saturated heterocycles. The second-order valence-electron chi connectivity index (χ2n) is 3.37. The number of allylic oxidation sites excluding steroid dienone is 1. The number of nitrogens with zero attached hydrogens (tertiary/aromatic N) is 1. The highest BCUT2D eigenvalue weighted by atomic mass is 16.6. The van der Waals surface area contributed by atoms with Gasteiger partial charge in [0.2, 0.25) is 0 Å². The Hall–Kier alpha value is -2.17. The lowest BCUT2D eigenvalue weighted by molar-refractivity contribution is -0.384. The normalized spacial score (nSPS) is 10.5. The molecule has 0 bridgehead atoms. The summed E-state index contributed by atoms with van der Waals surface area (Å²) >= 11 is 0. The van der Waals surface area contributed by atoms with Crippen molar-refractivity contribution in [2.45, 2.75) is 13.8 Å². The van der Waals surface area contributed by atoms with Crippen LogP contribution in [-0.2, 0) is 0 Å². The van der Waals surface area contributed by atoms with Crippen molar-refractivity contribution in [3.63, 3.8) is 0 Å². The van der Waals surface area contributed by atoms with Gasteiger partial charge in [-0.3, -0.25) is 14.9 Å². The summed E-state index contributed by atoms with van der Waals surface area (Å²) in [7, 11) is 0. The Kier molecular flexibility index (Phi) is 4.39. The van der Waals surface area contributed by atoms with Gasteiger partial charge >= 0.3 is 0 Å². The summed E-state index contributed by atoms with van der Waals surface area (Å²) in [5.74, 6) is 0.102. The number of nitro groups is 1. The Morgan fingerprint density at radius 1 is 1.53 bits per heavy atom. The van der Waals surface area contributed by atoms with Gasteiger partial charge in [-0.2, -0.15) is 0 Å². The van der Waals surface area contributed by atoms with Crippen LogP contribution in [0, 0.1) is 10.1 Å². The van der Waals surface area contributed by atoms with Gasteiger partial charge in [0.1, 0.15) is 12.4 Å². The minimum Gasteiger partial charge on any atom is -0.489 e. The number of Topliss-reactive ketones (excluding diaryl/α,β-unsaturated/α-hetero) is 1. The molecule has 0 spiro atoms. The molecule has 0 aliphatic carbocycles. The van der Waals surface area contributed by atoms with Crippen LogP contribution in [0.15, 0.2) is 30.4 Å². The van der Waals surface area contributed by atoms with Crippen molar-refractivity contribution in [3.8, 4) is 5.75 Å². The fourth-order valence-corrected chi connectivity index (χ4v) is 1.27. The topological polar surface area (TPSA) is 69.4 Å². The van der Waals surface area contributed by atoms with Crippen LogP contribution in [0.2, 0.25) is 0 Å². The molecule has 1 rings (SSSR count). The van der Waals surface area contributed by atoms with E-state index in [9.17, 15) is 14.9 Å². The van der Waals surface area contributed by atoms with Gasteiger partial charge in [-0.25, -0.2) is 0 Å². The van der Waals surface area contributed by atoms with Crippen molar-refractivity contribution in [2.24, 2.45) is 0 Å². The van der Waals surface area contributed by atoms with Gasteiger partial charge < -0.3 is 4.74 Å². The third kappa shape index (κ3) is 3.41. The first-order valence-electron chi connectivity index (χ1n) is 5.09. The molecule has 0 aliphatic heterocycles. The molecule has 0 saturated carbocycles. The van der Waals surface area contributed by atoms with Crippen LogP contribution in [0.25, 0.3) is 0 Å². The fraction of sp³-hybridized carbons (Fsp3) is 0.250. The predicted octanol–water partition coefficient (Wildman–Crippen LogP) is 2.75. The average molecular weight is 235 g/mol. The third-order valence-corrected chi connectivity index (χ3v) is 2.12. The van der Waals surface area contributed by atoms with Crippen molar-refractivity contribution in [1.29, 1.82) is 0 Å². The number of carbonyl (C=O) groups is 1. The lowest BCUT2D eigenvalue weighted by Gasteiger charge is -2.07. The molecule has 0 radical (unpaired) electrons. The molecule has 17 heavy (non-hydrogen) atoms. The molecule has 0 fully saturated rings. The van der Waals surface area contributed by atoms with E-state index in [-0.39, 0.29) is 17.0 Å². The highest BCUT2D eigenvalue weighted by molar-refractivity contribution is 5.97. The van der Waals surface area contributed by atoms with Crippen molar-refractivity contribution >= 4 is 11.5 Å². The molecule has 1 aromatic carbocycles. The lowest BCUT2D eigenvalue weighted by Crippen LogP contribution is -2.02. The van der Waals surface area contributed by atoms with E-state index in [0.717, 1.165) is 0 Å². The maximum absolute atomic E-state index is 11.4. The van der Waals surface area contributed by atoms with E-state index >= 15 is 0 Å². The van der Waals surface area contributed by atoms with Crippen LogP contribution >= 0.6 is 0 Å². The number of rotatable bonds is 5. The first kappa shape index (κ1) is 12.9. The van der Waals surface area contributed by atoms with E-state index in [4.69, 9.17) is 4.74 Å². The molecule has 1 aromatic rings. The molecule has 5 heteroatoms. The lowest BCUT2D eigenvalue weighted by atomic mass is 10.1. The predicted molar refractivity (Wildman–Crippen MR) is 63.4 cm³/mol. The largest absolute Gasteiger partial charge is 0.489 e. The maximum Gasteiger partial charge on any atom is 0.270 e. The molecule has 0 amide bonds. The van der Waals surface area contributed by atoms with Gasteiger partial charge in [0.05, 0.1) is 10.5 Å². The number of hydrogen-bond donors (Lipinski definition) is 0. The summed E-state index contributed by atoms with van der Waals surface area (Å²) in [4.78, 5) is 21.4. The summed E-state index contributed by atoms with van der Waals surface area (Å²) in [6.45, 7) is 3.53. The van der Waals surface area contributed by atoms with E-state index in [0.29, 0.717) is 12.4 Å². The highest BCUT2D eigenvalue weighted by Gasteiger charge is 2.14. The number of non-ortho nitro benzene ring substituents is 1. The zero-order valence-electron chi connectivity index (χ0n) is 9.67. The molecule has 0 aliphatic rings. The number of hydrogen-bond acceptors (Lipinski definition) is 4. The van der Waals surface area contributed by atoms with Crippen molar-refractivity contribution < 1.29 is 14.5 Å². The minimum absolute atomic E-state index is 0.117. The number of ether oxygens (including phenoxy) is 1. The number of ketones is 1. The van der Waals surface area contributed by atoms with Crippen molar-refractivity contribution in [3.05, 3.63) is 46.0 Å². The summed E-state index contributed by atoms with van der Waals surface area (Å²) < 4.78 is 5.34.